The zero-order valence-electron chi connectivity index (χ0n) is 35.7. The van der Waals surface area contributed by atoms with Gasteiger partial charge in [0.05, 0.1) is 5.02 Å². The summed E-state index contributed by atoms with van der Waals surface area (Å²) in [7, 11) is 1.17. The summed E-state index contributed by atoms with van der Waals surface area (Å²) >= 11 is 8.11. The molecule has 0 saturated heterocycles. The van der Waals surface area contributed by atoms with Crippen molar-refractivity contribution in [3.63, 3.8) is 0 Å². The number of nitrogens with zero attached hydrogens (tertiary/aromatic N) is 4. The molecule has 18 heteroatoms. The number of carbonyl (C=O) groups excluding carboxylic acids is 4. The number of amides is 4. The quantitative estimate of drug-likeness (QED) is 0.0799. The molecular weight excluding hydrogens is 797 g/mol. The summed E-state index contributed by atoms with van der Waals surface area (Å²) < 4.78 is 20.9. The van der Waals surface area contributed by atoms with E-state index in [-0.39, 0.29) is 11.9 Å². The molecule has 3 N–H and O–H groups in total. The third-order valence-corrected chi connectivity index (χ3v) is 9.31. The number of anilines is 1. The van der Waals surface area contributed by atoms with Crippen LogP contribution in [0.25, 0.3) is 11.1 Å². The van der Waals surface area contributed by atoms with Crippen molar-refractivity contribution >= 4 is 82.8 Å². The van der Waals surface area contributed by atoms with Gasteiger partial charge in [-0.05, 0) is 59.1 Å². The molecular formula is C41H55BClN7O8S. The molecule has 318 valence electrons. The molecule has 0 fully saturated rings. The van der Waals surface area contributed by atoms with E-state index in [9.17, 15) is 19.2 Å². The molecule has 1 aromatic carbocycles. The predicted octanol–water partition coefficient (Wildman–Crippen LogP) is 8.40. The average molecular weight is 852 g/mol. The van der Waals surface area contributed by atoms with Crippen LogP contribution in [0.4, 0.5) is 20.1 Å². The van der Waals surface area contributed by atoms with Gasteiger partial charge < -0.3 is 14.4 Å². The van der Waals surface area contributed by atoms with E-state index in [4.69, 9.17) is 35.7 Å². The molecule has 15 nitrogen and oxygen atoms in total. The van der Waals surface area contributed by atoms with Crippen LogP contribution >= 0.6 is 22.9 Å². The molecule has 59 heavy (non-hydrogen) atoms. The molecule has 3 heterocycles. The van der Waals surface area contributed by atoms with E-state index in [2.05, 4.69) is 20.9 Å². The summed E-state index contributed by atoms with van der Waals surface area (Å²) in [5.74, 6) is -0.271. The van der Waals surface area contributed by atoms with E-state index >= 15 is 0 Å². The monoisotopic (exact) mass is 851 g/mol. The first-order valence-electron chi connectivity index (χ1n) is 19.2. The Morgan fingerprint density at radius 1 is 0.814 bits per heavy atom. The van der Waals surface area contributed by atoms with Crippen molar-refractivity contribution in [1.29, 1.82) is 5.26 Å². The van der Waals surface area contributed by atoms with Gasteiger partial charge in [-0.25, -0.2) is 9.59 Å². The van der Waals surface area contributed by atoms with E-state index in [0.717, 1.165) is 21.6 Å². The van der Waals surface area contributed by atoms with Crippen molar-refractivity contribution in [3.8, 4) is 6.26 Å². The van der Waals surface area contributed by atoms with Crippen molar-refractivity contribution in [2.24, 2.45) is 4.99 Å². The number of nitriles is 1. The molecule has 4 rings (SSSR count). The second-order valence-corrected chi connectivity index (χ2v) is 17.5. The molecule has 0 atom stereocenters. The van der Waals surface area contributed by atoms with Gasteiger partial charge in [-0.2, -0.15) is 0 Å². The third kappa shape index (κ3) is 16.1. The first-order valence-corrected chi connectivity index (χ1v) is 20.4. The second-order valence-electron chi connectivity index (χ2n) is 16.0. The predicted molar refractivity (Wildman–Crippen MR) is 233 cm³/mol. The average Bonchev–Trinajstić information content (AvgIpc) is 3.63. The van der Waals surface area contributed by atoms with Crippen LogP contribution in [0.2, 0.25) is 5.02 Å². The first-order chi connectivity index (χ1) is 27.6. The van der Waals surface area contributed by atoms with Crippen molar-refractivity contribution in [3.05, 3.63) is 62.8 Å². The van der Waals surface area contributed by atoms with E-state index in [1.54, 1.807) is 91.7 Å². The minimum atomic E-state index is -0.845. The maximum atomic E-state index is 13.3. The zero-order chi connectivity index (χ0) is 44.1. The van der Waals surface area contributed by atoms with E-state index in [0.29, 0.717) is 60.3 Å². The van der Waals surface area contributed by atoms with Gasteiger partial charge in [0.1, 0.15) is 11.2 Å². The molecule has 0 unspecified atom stereocenters. The molecule has 0 aliphatic carbocycles. The van der Waals surface area contributed by atoms with Gasteiger partial charge >= 0.3 is 192 Å². The molecule has 2 aliphatic heterocycles. The van der Waals surface area contributed by atoms with Crippen LogP contribution in [0.5, 0.6) is 0 Å². The van der Waals surface area contributed by atoms with Crippen molar-refractivity contribution in [1.82, 2.24) is 20.4 Å². The summed E-state index contributed by atoms with van der Waals surface area (Å²) in [6, 6.07) is 8.99. The Morgan fingerprint density at radius 2 is 1.39 bits per heavy atom. The first kappa shape index (κ1) is 48.0. The van der Waals surface area contributed by atoms with Crippen LogP contribution in [0.1, 0.15) is 109 Å². The molecule has 0 radical (unpaired) electrons. The molecule has 0 spiro atoms. The maximum absolute atomic E-state index is 13.3. The minimum Gasteiger partial charge on any atom is -0.0836 e. The number of rotatable bonds is 7. The molecule has 0 bridgehead atoms. The summed E-state index contributed by atoms with van der Waals surface area (Å²) in [6.45, 7) is 21.3. The number of benzene rings is 1. The van der Waals surface area contributed by atoms with Gasteiger partial charge in [0.25, 0.3) is 0 Å². The van der Waals surface area contributed by atoms with Crippen LogP contribution in [0, 0.1) is 11.5 Å². The normalized spacial score (nSPS) is 14.8. The van der Waals surface area contributed by atoms with Gasteiger partial charge in [0.15, 0.2) is 0 Å². The fourth-order valence-electron chi connectivity index (χ4n) is 5.51. The Labute approximate surface area is 356 Å². The number of ether oxygens (including phenoxy) is 3. The van der Waals surface area contributed by atoms with Gasteiger partial charge in [-0.1, -0.05) is 37.6 Å². The Morgan fingerprint density at radius 3 is 1.93 bits per heavy atom. The van der Waals surface area contributed by atoms with Crippen LogP contribution in [-0.4, -0.2) is 95.8 Å². The molecule has 2 aromatic rings. The number of aliphatic imine (C=N–C) groups is 1. The fraction of sp³-hybridized carbons (Fsp3) is 0.488. The van der Waals surface area contributed by atoms with Crippen molar-refractivity contribution < 1.29 is 38.0 Å². The Bertz CT molecular complexity index is 2020. The van der Waals surface area contributed by atoms with Crippen LogP contribution in [0.3, 0.4) is 0 Å². The topological polar surface area (TPSA) is 184 Å². The Kier molecular flexibility index (Phi) is 17.2. The summed E-state index contributed by atoms with van der Waals surface area (Å²) in [5, 5.41) is 17.5. The van der Waals surface area contributed by atoms with Crippen molar-refractivity contribution in [2.45, 2.75) is 106 Å². The Balaban J connectivity index is 0.00000458. The minimum absolute atomic E-state index is 0.0115. The second kappa shape index (κ2) is 21.1. The van der Waals surface area contributed by atoms with Crippen LogP contribution in [-0.2, 0) is 18.9 Å². The summed E-state index contributed by atoms with van der Waals surface area (Å²) in [5.41, 5.74) is 1.38. The van der Waals surface area contributed by atoms with Gasteiger partial charge in [-0.15, -0.1) is 4.99 Å². The smallest absolute Gasteiger partial charge is 0.0836 e. The van der Waals surface area contributed by atoms with Crippen LogP contribution < -0.4 is 16.0 Å². The standard InChI is InChI=1S/C39H49BClN7O8S.C2H6/c1-37(2,3)54-34(50)44-32(40-53-23-42)47-18-16-25(17-19-47)29-12-13-30(57-29)31(49)43-26-10-11-27(28(41)22-26)24-14-20-48(21-15-24)33(45-35(51)55-38(4,5)6)46-36(52)56-39(7,8)9;1-2/h10-14,16,22H,15,17-21H2,1-9H3,(H,43,49)(H,44,50)(H,45,46,51,52);1-2H3. The van der Waals surface area contributed by atoms with Crippen molar-refractivity contribution in [2.75, 3.05) is 31.5 Å². The number of hydrogen-bond acceptors (Lipinski definition) is 11. The Hall–Kier alpha value is -5.34. The summed E-state index contributed by atoms with van der Waals surface area (Å²) in [4.78, 5) is 59.9. The van der Waals surface area contributed by atoms with E-state index in [1.165, 1.54) is 18.5 Å². The number of guanidine groups is 1. The van der Waals surface area contributed by atoms with E-state index < -0.39 is 35.1 Å². The number of nitrogens with one attached hydrogen (secondary N) is 3. The van der Waals surface area contributed by atoms with Crippen LogP contribution in [0.15, 0.2) is 47.5 Å². The van der Waals surface area contributed by atoms with Gasteiger partial charge in [0.2, 0.25) is 5.96 Å². The SMILES string of the molecule is CC.CC(C)(C)OC(=O)/N=C(/NC(=O)OC(C)(C)C)N1CC=C(c2ccc(NC(=O)c3ccc(C4=CCN(C(=BOC#N)NC(=O)OC(C)(C)C)CC4)s3)cc2Cl)CC1. The molecule has 4 amide bonds. The molecule has 2 aliphatic rings. The van der Waals surface area contributed by atoms with Gasteiger partial charge in [0, 0.05) is 13.1 Å². The molecule has 0 saturated carbocycles. The van der Waals surface area contributed by atoms with Gasteiger partial charge in [-0.3, -0.25) is 5.32 Å². The number of hydrogen-bond donors (Lipinski definition) is 3. The third-order valence-electron chi connectivity index (χ3n) is 7.83. The zero-order valence-corrected chi connectivity index (χ0v) is 37.3. The number of halogens is 1. The number of carbonyl (C=O) groups is 4. The fourth-order valence-corrected chi connectivity index (χ4v) is 6.78. The molecule has 1 aromatic heterocycles. The number of thiophene rings is 1. The van der Waals surface area contributed by atoms with E-state index in [1.807, 2.05) is 43.0 Å². The number of alkyl carbamates (subject to hydrolysis) is 2. The summed E-state index contributed by atoms with van der Waals surface area (Å²) in [6.07, 6.45) is 4.39.